The summed E-state index contributed by atoms with van der Waals surface area (Å²) in [6.07, 6.45) is 4.13. The van der Waals surface area contributed by atoms with E-state index in [1.54, 1.807) is 10.9 Å². The van der Waals surface area contributed by atoms with Crippen molar-refractivity contribution in [2.24, 2.45) is 11.8 Å². The summed E-state index contributed by atoms with van der Waals surface area (Å²) in [5, 5.41) is 9.51. The largest absolute Gasteiger partial charge is 0.476 e. The van der Waals surface area contributed by atoms with E-state index in [1.807, 2.05) is 6.92 Å². The number of unbranched alkanes of at least 4 members (excludes halogenated alkanes) is 2. The third-order valence-corrected chi connectivity index (χ3v) is 5.27. The monoisotopic (exact) mass is 370 g/mol. The molecule has 1 N–H and O–H groups in total. The van der Waals surface area contributed by atoms with Crippen molar-refractivity contribution in [2.75, 3.05) is 13.2 Å². The summed E-state index contributed by atoms with van der Waals surface area (Å²) in [6, 6.07) is -0.420. The Morgan fingerprint density at radius 1 is 1.40 bits per heavy atom. The Morgan fingerprint density at radius 2 is 2.20 bits per heavy atom. The van der Waals surface area contributed by atoms with E-state index >= 15 is 0 Å². The Morgan fingerprint density at radius 3 is 2.88 bits per heavy atom. The fourth-order valence-corrected chi connectivity index (χ4v) is 3.66. The highest BCUT2D eigenvalue weighted by atomic mass is 35.5. The molecule has 25 heavy (non-hydrogen) atoms. The summed E-state index contributed by atoms with van der Waals surface area (Å²) in [6.45, 7) is 4.46. The molecule has 2 aromatic rings. The zero-order chi connectivity index (χ0) is 18.0. The van der Waals surface area contributed by atoms with Crippen LogP contribution in [-0.4, -0.2) is 44.0 Å². The molecule has 0 bridgehead atoms. The van der Waals surface area contributed by atoms with Crippen molar-refractivity contribution in [3.05, 3.63) is 11.6 Å². The number of hydrogen-bond donors (Lipinski definition) is 1. The first-order chi connectivity index (χ1) is 12.1. The van der Waals surface area contributed by atoms with Gasteiger partial charge < -0.3 is 14.4 Å². The van der Waals surface area contributed by atoms with E-state index in [9.17, 15) is 9.50 Å². The van der Waals surface area contributed by atoms with Gasteiger partial charge in [-0.2, -0.15) is 9.97 Å². The van der Waals surface area contributed by atoms with Gasteiger partial charge in [-0.15, -0.1) is 0 Å². The second kappa shape index (κ2) is 7.83. The lowest BCUT2D eigenvalue weighted by atomic mass is 9.99. The van der Waals surface area contributed by atoms with Crippen molar-refractivity contribution in [1.29, 1.82) is 0 Å². The Hall–Kier alpha value is -1.47. The summed E-state index contributed by atoms with van der Waals surface area (Å²) in [4.78, 5) is 12.7. The molecule has 138 valence electrons. The average molecular weight is 371 g/mol. The predicted octanol–water partition coefficient (Wildman–Crippen LogP) is 3.58. The number of halogens is 2. The Kier molecular flexibility index (Phi) is 5.74. The minimum atomic E-state index is -1.07. The van der Waals surface area contributed by atoms with Crippen LogP contribution in [0.25, 0.3) is 11.2 Å². The van der Waals surface area contributed by atoms with E-state index in [0.717, 1.165) is 19.3 Å². The summed E-state index contributed by atoms with van der Waals surface area (Å²) in [5.74, 6) is 0.0547. The van der Waals surface area contributed by atoms with Gasteiger partial charge in [0.15, 0.2) is 11.2 Å². The number of hydrogen-bond acceptors (Lipinski definition) is 5. The number of fused-ring (bicyclic) bond motifs is 1. The average Bonchev–Trinajstić information content (AvgIpc) is 3.13. The van der Waals surface area contributed by atoms with E-state index in [1.165, 1.54) is 0 Å². The number of aromatic nitrogens is 4. The topological polar surface area (TPSA) is 73.1 Å². The smallest absolute Gasteiger partial charge is 0.246 e. The van der Waals surface area contributed by atoms with Crippen LogP contribution in [-0.2, 0) is 0 Å². The fourth-order valence-electron chi connectivity index (χ4n) is 3.50. The van der Waals surface area contributed by atoms with Crippen LogP contribution >= 0.6 is 11.6 Å². The van der Waals surface area contributed by atoms with E-state index in [2.05, 4.69) is 21.9 Å². The molecule has 6 nitrogen and oxygen atoms in total. The van der Waals surface area contributed by atoms with Gasteiger partial charge in [0.2, 0.25) is 11.2 Å². The van der Waals surface area contributed by atoms with Gasteiger partial charge in [0.25, 0.3) is 0 Å². The van der Waals surface area contributed by atoms with Gasteiger partial charge in [-0.05, 0) is 36.3 Å². The molecule has 1 aliphatic carbocycles. The number of nitrogens with zero attached hydrogens (tertiary/aromatic N) is 4. The third-order valence-electron chi connectivity index (χ3n) is 5.10. The highest BCUT2D eigenvalue weighted by Gasteiger charge is 2.42. The number of rotatable bonds is 7. The van der Waals surface area contributed by atoms with Crippen LogP contribution in [0.15, 0.2) is 6.33 Å². The molecule has 0 radical (unpaired) electrons. The van der Waals surface area contributed by atoms with Gasteiger partial charge in [0.1, 0.15) is 6.17 Å². The van der Waals surface area contributed by atoms with Crippen LogP contribution in [0.1, 0.15) is 45.6 Å². The highest BCUT2D eigenvalue weighted by Crippen LogP contribution is 2.42. The van der Waals surface area contributed by atoms with Gasteiger partial charge in [0.05, 0.1) is 19.0 Å². The lowest BCUT2D eigenvalue weighted by Gasteiger charge is -2.17. The normalized spacial score (nSPS) is 26.4. The molecule has 0 aliphatic heterocycles. The highest BCUT2D eigenvalue weighted by molar-refractivity contribution is 6.28. The molecule has 2 aromatic heterocycles. The van der Waals surface area contributed by atoms with Crippen molar-refractivity contribution in [2.45, 2.75) is 51.7 Å². The fraction of sp³-hybridized carbons (Fsp3) is 0.706. The first-order valence-corrected chi connectivity index (χ1v) is 9.22. The summed E-state index contributed by atoms with van der Waals surface area (Å²) in [7, 11) is 0. The molecule has 0 spiro atoms. The quantitative estimate of drug-likeness (QED) is 0.595. The van der Waals surface area contributed by atoms with Gasteiger partial charge in [-0.25, -0.2) is 9.37 Å². The van der Waals surface area contributed by atoms with Crippen LogP contribution in [0.2, 0.25) is 5.28 Å². The van der Waals surface area contributed by atoms with Crippen LogP contribution in [0.5, 0.6) is 5.88 Å². The first kappa shape index (κ1) is 18.3. The number of alkyl halides is 1. The Labute approximate surface area is 151 Å². The van der Waals surface area contributed by atoms with Crippen LogP contribution in [0, 0.1) is 11.8 Å². The van der Waals surface area contributed by atoms with Crippen LogP contribution in [0.4, 0.5) is 4.39 Å². The second-order valence-electron chi connectivity index (χ2n) is 6.73. The van der Waals surface area contributed by atoms with E-state index in [-0.39, 0.29) is 23.7 Å². The molecule has 0 saturated heterocycles. The summed E-state index contributed by atoms with van der Waals surface area (Å²) in [5.41, 5.74) is 0.970. The number of aliphatic hydroxyl groups excluding tert-OH is 1. The minimum absolute atomic E-state index is 0.0216. The molecule has 3 rings (SSSR count). The summed E-state index contributed by atoms with van der Waals surface area (Å²) >= 11 is 6.04. The standard InChI is InChI=1S/C17H24ClFN4O2/c1-3-4-5-6-25-16-14-15(21-17(18)22-16)23(9-20-14)12-7-11(8-24)10(2)13(12)19/h9-13,24H,3-8H2,1-2H3/t10-,11-,12-,13+/m1/s1. The molecule has 0 unspecified atom stereocenters. The van der Waals surface area contributed by atoms with Crippen LogP contribution < -0.4 is 4.74 Å². The zero-order valence-electron chi connectivity index (χ0n) is 14.5. The molecule has 8 heteroatoms. The predicted molar refractivity (Wildman–Crippen MR) is 93.6 cm³/mol. The van der Waals surface area contributed by atoms with E-state index in [4.69, 9.17) is 16.3 Å². The lowest BCUT2D eigenvalue weighted by molar-refractivity contribution is 0.166. The van der Waals surface area contributed by atoms with Crippen molar-refractivity contribution < 1.29 is 14.2 Å². The third kappa shape index (κ3) is 3.58. The maximum Gasteiger partial charge on any atom is 0.246 e. The number of imidazole rings is 1. The van der Waals surface area contributed by atoms with Crippen LogP contribution in [0.3, 0.4) is 0 Å². The van der Waals surface area contributed by atoms with Gasteiger partial charge >= 0.3 is 0 Å². The van der Waals surface area contributed by atoms with Crippen molar-refractivity contribution in [3.8, 4) is 5.88 Å². The molecule has 1 saturated carbocycles. The van der Waals surface area contributed by atoms with E-state index in [0.29, 0.717) is 30.1 Å². The van der Waals surface area contributed by atoms with Gasteiger partial charge in [0, 0.05) is 6.61 Å². The molecule has 1 aliphatic rings. The maximum absolute atomic E-state index is 14.7. The number of aliphatic hydroxyl groups is 1. The summed E-state index contributed by atoms with van der Waals surface area (Å²) < 4.78 is 22.2. The molecule has 1 fully saturated rings. The van der Waals surface area contributed by atoms with Crippen molar-refractivity contribution in [1.82, 2.24) is 19.5 Å². The SMILES string of the molecule is CCCCCOc1nc(Cl)nc2c1ncn2[C@@H]1C[C@H](CO)[C@@H](C)[C@@H]1F. The van der Waals surface area contributed by atoms with Crippen molar-refractivity contribution >= 4 is 22.8 Å². The molecule has 4 atom stereocenters. The molecule has 2 heterocycles. The lowest BCUT2D eigenvalue weighted by Crippen LogP contribution is -2.19. The molecule has 0 amide bonds. The first-order valence-electron chi connectivity index (χ1n) is 8.84. The minimum Gasteiger partial charge on any atom is -0.476 e. The molecular formula is C17H24ClFN4O2. The van der Waals surface area contributed by atoms with Gasteiger partial charge in [-0.1, -0.05) is 26.7 Å². The molecular weight excluding hydrogens is 347 g/mol. The Balaban J connectivity index is 1.89. The molecule has 0 aromatic carbocycles. The van der Waals surface area contributed by atoms with Gasteiger partial charge in [-0.3, -0.25) is 0 Å². The zero-order valence-corrected chi connectivity index (χ0v) is 15.3. The second-order valence-corrected chi connectivity index (χ2v) is 7.06. The van der Waals surface area contributed by atoms with Crippen molar-refractivity contribution in [3.63, 3.8) is 0 Å². The maximum atomic E-state index is 14.7. The Bertz CT molecular complexity index is 726. The number of ether oxygens (including phenoxy) is 1. The van der Waals surface area contributed by atoms with E-state index < -0.39 is 12.2 Å².